The van der Waals surface area contributed by atoms with Crippen LogP contribution in [0.25, 0.3) is 0 Å². The first kappa shape index (κ1) is 14.9. The highest BCUT2D eigenvalue weighted by Crippen LogP contribution is 2.13. The van der Waals surface area contributed by atoms with E-state index in [4.69, 9.17) is 4.74 Å². The van der Waals surface area contributed by atoms with Gasteiger partial charge in [0.2, 0.25) is 5.91 Å². The van der Waals surface area contributed by atoms with Crippen LogP contribution in [0.3, 0.4) is 0 Å². The molecule has 1 amide bonds. The Morgan fingerprint density at radius 1 is 1.25 bits per heavy atom. The predicted molar refractivity (Wildman–Crippen MR) is 79.7 cm³/mol. The van der Waals surface area contributed by atoms with Gasteiger partial charge in [0, 0.05) is 19.6 Å². The normalized spacial score (nSPS) is 14.8. The minimum atomic E-state index is 0.192. The third-order valence-electron chi connectivity index (χ3n) is 3.36. The highest BCUT2D eigenvalue weighted by Gasteiger charge is 2.16. The molecule has 1 aliphatic rings. The monoisotopic (exact) mass is 276 g/mol. The Morgan fingerprint density at radius 3 is 2.50 bits per heavy atom. The van der Waals surface area contributed by atoms with Gasteiger partial charge in [-0.15, -0.1) is 0 Å². The zero-order chi connectivity index (χ0) is 14.4. The van der Waals surface area contributed by atoms with Gasteiger partial charge in [0.1, 0.15) is 5.75 Å². The third kappa shape index (κ3) is 4.53. The summed E-state index contributed by atoms with van der Waals surface area (Å²) in [6.07, 6.45) is 2.48. The zero-order valence-electron chi connectivity index (χ0n) is 12.4. The van der Waals surface area contributed by atoms with Crippen molar-refractivity contribution in [1.29, 1.82) is 0 Å². The molecule has 0 atom stereocenters. The van der Waals surface area contributed by atoms with Crippen molar-refractivity contribution in [3.8, 4) is 5.75 Å². The highest BCUT2D eigenvalue weighted by atomic mass is 16.5. The van der Waals surface area contributed by atoms with Gasteiger partial charge in [-0.05, 0) is 44.4 Å². The first-order chi connectivity index (χ1) is 9.65. The molecule has 0 aliphatic carbocycles. The van der Waals surface area contributed by atoms with E-state index in [-0.39, 0.29) is 12.0 Å². The summed E-state index contributed by atoms with van der Waals surface area (Å²) in [6.45, 7) is 6.99. The molecule has 1 aromatic carbocycles. The molecule has 0 aromatic heterocycles. The number of amides is 1. The summed E-state index contributed by atoms with van der Waals surface area (Å²) in [6, 6.07) is 8.01. The van der Waals surface area contributed by atoms with E-state index in [0.717, 1.165) is 37.2 Å². The Morgan fingerprint density at radius 2 is 1.90 bits per heavy atom. The second kappa shape index (κ2) is 7.29. The molecule has 110 valence electrons. The minimum Gasteiger partial charge on any atom is -0.491 e. The van der Waals surface area contributed by atoms with E-state index in [0.29, 0.717) is 13.1 Å². The van der Waals surface area contributed by atoms with E-state index in [1.54, 1.807) is 0 Å². The van der Waals surface area contributed by atoms with Gasteiger partial charge < -0.3 is 15.0 Å². The number of carbonyl (C=O) groups excluding carboxylic acids is 1. The molecule has 1 N–H and O–H groups in total. The second-order valence-corrected chi connectivity index (χ2v) is 5.50. The van der Waals surface area contributed by atoms with Crippen molar-refractivity contribution in [2.24, 2.45) is 0 Å². The van der Waals surface area contributed by atoms with Crippen LogP contribution >= 0.6 is 0 Å². The van der Waals surface area contributed by atoms with Crippen LogP contribution < -0.4 is 10.1 Å². The maximum Gasteiger partial charge on any atom is 0.236 e. The van der Waals surface area contributed by atoms with Crippen LogP contribution in [-0.4, -0.2) is 36.5 Å². The summed E-state index contributed by atoms with van der Waals surface area (Å²) < 4.78 is 5.60. The molecule has 0 radical (unpaired) electrons. The zero-order valence-corrected chi connectivity index (χ0v) is 12.4. The number of rotatable bonds is 6. The SMILES string of the molecule is CC(C)Oc1ccc(CNCC(=O)N2CCCC2)cc1. The Labute approximate surface area is 121 Å². The van der Waals surface area contributed by atoms with Crippen LogP contribution in [0.2, 0.25) is 0 Å². The molecule has 2 rings (SSSR count). The van der Waals surface area contributed by atoms with Gasteiger partial charge in [0.25, 0.3) is 0 Å². The molecule has 0 unspecified atom stereocenters. The lowest BCUT2D eigenvalue weighted by Gasteiger charge is -2.15. The molecule has 1 saturated heterocycles. The summed E-state index contributed by atoms with van der Waals surface area (Å²) in [5, 5.41) is 3.21. The summed E-state index contributed by atoms with van der Waals surface area (Å²) in [7, 11) is 0. The van der Waals surface area contributed by atoms with Crippen LogP contribution in [0, 0.1) is 0 Å². The van der Waals surface area contributed by atoms with E-state index in [1.165, 1.54) is 0 Å². The fourth-order valence-corrected chi connectivity index (χ4v) is 2.35. The number of likely N-dealkylation sites (tertiary alicyclic amines) is 1. The molecule has 20 heavy (non-hydrogen) atoms. The number of hydrogen-bond donors (Lipinski definition) is 1. The van der Waals surface area contributed by atoms with Gasteiger partial charge in [0.15, 0.2) is 0 Å². The number of ether oxygens (including phenoxy) is 1. The fraction of sp³-hybridized carbons (Fsp3) is 0.562. The number of hydrogen-bond acceptors (Lipinski definition) is 3. The van der Waals surface area contributed by atoms with Crippen molar-refractivity contribution in [2.45, 2.75) is 39.3 Å². The number of benzene rings is 1. The van der Waals surface area contributed by atoms with E-state index in [1.807, 2.05) is 43.0 Å². The quantitative estimate of drug-likeness (QED) is 0.866. The molecule has 1 aromatic rings. The number of nitrogens with zero attached hydrogens (tertiary/aromatic N) is 1. The third-order valence-corrected chi connectivity index (χ3v) is 3.36. The van der Waals surface area contributed by atoms with Gasteiger partial charge in [-0.25, -0.2) is 0 Å². The van der Waals surface area contributed by atoms with E-state index < -0.39 is 0 Å². The first-order valence-corrected chi connectivity index (χ1v) is 7.39. The maximum atomic E-state index is 11.9. The largest absolute Gasteiger partial charge is 0.491 e. The van der Waals surface area contributed by atoms with Crippen LogP contribution in [0.5, 0.6) is 5.75 Å². The Hall–Kier alpha value is -1.55. The molecule has 0 spiro atoms. The topological polar surface area (TPSA) is 41.6 Å². The van der Waals surface area contributed by atoms with Crippen LogP contribution in [0.15, 0.2) is 24.3 Å². The second-order valence-electron chi connectivity index (χ2n) is 5.50. The Balaban J connectivity index is 1.72. The molecule has 0 saturated carbocycles. The molecular formula is C16H24N2O2. The molecule has 1 fully saturated rings. The summed E-state index contributed by atoms with van der Waals surface area (Å²) in [5.41, 5.74) is 1.16. The summed E-state index contributed by atoms with van der Waals surface area (Å²) >= 11 is 0. The van der Waals surface area contributed by atoms with Crippen molar-refractivity contribution >= 4 is 5.91 Å². The van der Waals surface area contributed by atoms with Crippen molar-refractivity contribution in [3.05, 3.63) is 29.8 Å². The van der Waals surface area contributed by atoms with Crippen molar-refractivity contribution < 1.29 is 9.53 Å². The molecular weight excluding hydrogens is 252 g/mol. The summed E-state index contributed by atoms with van der Waals surface area (Å²) in [4.78, 5) is 13.8. The van der Waals surface area contributed by atoms with Gasteiger partial charge in [0.05, 0.1) is 12.6 Å². The lowest BCUT2D eigenvalue weighted by molar-refractivity contribution is -0.129. The number of carbonyl (C=O) groups is 1. The van der Waals surface area contributed by atoms with E-state index in [2.05, 4.69) is 5.32 Å². The van der Waals surface area contributed by atoms with Crippen LogP contribution in [0.1, 0.15) is 32.3 Å². The maximum absolute atomic E-state index is 11.9. The van der Waals surface area contributed by atoms with Gasteiger partial charge in [-0.3, -0.25) is 4.79 Å². The average Bonchev–Trinajstić information content (AvgIpc) is 2.94. The minimum absolute atomic E-state index is 0.192. The Bertz CT molecular complexity index is 423. The summed E-state index contributed by atoms with van der Waals surface area (Å²) in [5.74, 6) is 1.10. The van der Waals surface area contributed by atoms with Crippen molar-refractivity contribution in [3.63, 3.8) is 0 Å². The van der Waals surface area contributed by atoms with Gasteiger partial charge in [-0.2, -0.15) is 0 Å². The first-order valence-electron chi connectivity index (χ1n) is 7.39. The Kier molecular flexibility index (Phi) is 5.41. The van der Waals surface area contributed by atoms with Crippen molar-refractivity contribution in [2.75, 3.05) is 19.6 Å². The van der Waals surface area contributed by atoms with Crippen molar-refractivity contribution in [1.82, 2.24) is 10.2 Å². The fourth-order valence-electron chi connectivity index (χ4n) is 2.35. The van der Waals surface area contributed by atoms with Gasteiger partial charge in [-0.1, -0.05) is 12.1 Å². The lowest BCUT2D eigenvalue weighted by Crippen LogP contribution is -2.35. The lowest BCUT2D eigenvalue weighted by atomic mass is 10.2. The molecule has 4 nitrogen and oxygen atoms in total. The average molecular weight is 276 g/mol. The standard InChI is InChI=1S/C16H24N2O2/c1-13(2)20-15-7-5-14(6-8-15)11-17-12-16(19)18-9-3-4-10-18/h5-8,13,17H,3-4,9-12H2,1-2H3. The molecule has 0 bridgehead atoms. The molecule has 4 heteroatoms. The molecule has 1 aliphatic heterocycles. The predicted octanol–water partition coefficient (Wildman–Crippen LogP) is 2.19. The smallest absolute Gasteiger partial charge is 0.236 e. The molecule has 1 heterocycles. The van der Waals surface area contributed by atoms with E-state index >= 15 is 0 Å². The van der Waals surface area contributed by atoms with Crippen LogP contribution in [0.4, 0.5) is 0 Å². The number of nitrogens with one attached hydrogen (secondary N) is 1. The highest BCUT2D eigenvalue weighted by molar-refractivity contribution is 5.78. The van der Waals surface area contributed by atoms with Crippen LogP contribution in [-0.2, 0) is 11.3 Å². The van der Waals surface area contributed by atoms with Gasteiger partial charge >= 0.3 is 0 Å². The van der Waals surface area contributed by atoms with E-state index in [9.17, 15) is 4.79 Å².